The fourth-order valence-electron chi connectivity index (χ4n) is 2.75. The minimum Gasteiger partial charge on any atom is -0.467 e. The van der Waals surface area contributed by atoms with Gasteiger partial charge in [-0.3, -0.25) is 14.6 Å². The lowest BCUT2D eigenvalue weighted by Crippen LogP contribution is -2.45. The predicted molar refractivity (Wildman–Crippen MR) is 83.6 cm³/mol. The monoisotopic (exact) mass is 313 g/mol. The van der Waals surface area contributed by atoms with Gasteiger partial charge in [0.05, 0.1) is 18.4 Å². The number of carbonyl (C=O) groups is 2. The molecule has 0 saturated carbocycles. The van der Waals surface area contributed by atoms with Crippen LogP contribution in [0.3, 0.4) is 0 Å². The number of nitrogens with zero attached hydrogens (tertiary/aromatic N) is 2. The third-order valence-electron chi connectivity index (χ3n) is 3.99. The van der Waals surface area contributed by atoms with Crippen LogP contribution in [0.2, 0.25) is 0 Å². The minimum atomic E-state index is -0.432. The molecular weight excluding hydrogens is 294 g/mol. The summed E-state index contributed by atoms with van der Waals surface area (Å²) in [7, 11) is 0. The molecule has 6 heteroatoms. The highest BCUT2D eigenvalue weighted by Crippen LogP contribution is 2.20. The summed E-state index contributed by atoms with van der Waals surface area (Å²) in [5.74, 6) is 0.400. The van der Waals surface area contributed by atoms with E-state index in [0.717, 1.165) is 12.1 Å². The SMILES string of the molecule is Cc1ccc(C(=O)N2CCC[C@@H]2C(=O)NCc2ccco2)cn1. The Labute approximate surface area is 134 Å². The standard InChI is InChI=1S/C17H19N3O3/c1-12-6-7-13(10-18-12)17(22)20-8-2-5-15(20)16(21)19-11-14-4-3-9-23-14/h3-4,6-7,9-10,15H,2,5,8,11H2,1H3,(H,19,21)/t15-/m1/s1. The van der Waals surface area contributed by atoms with Crippen molar-refractivity contribution in [1.82, 2.24) is 15.2 Å². The van der Waals surface area contributed by atoms with Crippen molar-refractivity contribution in [1.29, 1.82) is 0 Å². The van der Waals surface area contributed by atoms with Crippen molar-refractivity contribution in [3.8, 4) is 0 Å². The number of rotatable bonds is 4. The maximum atomic E-state index is 12.6. The van der Waals surface area contributed by atoms with Crippen LogP contribution in [-0.2, 0) is 11.3 Å². The normalized spacial score (nSPS) is 17.3. The van der Waals surface area contributed by atoms with E-state index < -0.39 is 6.04 Å². The van der Waals surface area contributed by atoms with Crippen molar-refractivity contribution in [3.63, 3.8) is 0 Å². The summed E-state index contributed by atoms with van der Waals surface area (Å²) in [4.78, 5) is 30.8. The quantitative estimate of drug-likeness (QED) is 0.935. The number of furan rings is 1. The molecule has 120 valence electrons. The average molecular weight is 313 g/mol. The number of nitrogens with one attached hydrogen (secondary N) is 1. The van der Waals surface area contributed by atoms with Crippen molar-refractivity contribution >= 4 is 11.8 Å². The molecule has 1 fully saturated rings. The first-order valence-electron chi connectivity index (χ1n) is 7.69. The minimum absolute atomic E-state index is 0.145. The van der Waals surface area contributed by atoms with E-state index in [9.17, 15) is 9.59 Å². The van der Waals surface area contributed by atoms with Crippen LogP contribution in [0.25, 0.3) is 0 Å². The zero-order chi connectivity index (χ0) is 16.2. The molecule has 6 nitrogen and oxygen atoms in total. The number of amides is 2. The zero-order valence-corrected chi connectivity index (χ0v) is 13.0. The highest BCUT2D eigenvalue weighted by molar-refractivity contribution is 5.97. The van der Waals surface area contributed by atoms with Gasteiger partial charge >= 0.3 is 0 Å². The van der Waals surface area contributed by atoms with Gasteiger partial charge in [0, 0.05) is 18.4 Å². The topological polar surface area (TPSA) is 75.4 Å². The molecule has 0 aromatic carbocycles. The van der Waals surface area contributed by atoms with Crippen LogP contribution < -0.4 is 5.32 Å². The highest BCUT2D eigenvalue weighted by atomic mass is 16.3. The Kier molecular flexibility index (Phi) is 4.41. The first-order chi connectivity index (χ1) is 11.1. The predicted octanol–water partition coefficient (Wildman–Crippen LogP) is 1.90. The molecule has 3 rings (SSSR count). The molecule has 0 spiro atoms. The third-order valence-corrected chi connectivity index (χ3v) is 3.99. The molecule has 0 radical (unpaired) electrons. The molecule has 1 atom stereocenters. The molecule has 0 bridgehead atoms. The van der Waals surface area contributed by atoms with E-state index in [-0.39, 0.29) is 11.8 Å². The Morgan fingerprint density at radius 3 is 2.96 bits per heavy atom. The van der Waals surface area contributed by atoms with Crippen molar-refractivity contribution in [2.45, 2.75) is 32.4 Å². The number of hydrogen-bond acceptors (Lipinski definition) is 4. The van der Waals surface area contributed by atoms with Crippen molar-refractivity contribution in [3.05, 3.63) is 53.7 Å². The number of carbonyl (C=O) groups excluding carboxylic acids is 2. The van der Waals surface area contributed by atoms with Crippen LogP contribution in [0.5, 0.6) is 0 Å². The maximum Gasteiger partial charge on any atom is 0.256 e. The first kappa shape index (κ1) is 15.3. The van der Waals surface area contributed by atoms with E-state index in [1.807, 2.05) is 6.92 Å². The summed E-state index contributed by atoms with van der Waals surface area (Å²) in [5, 5.41) is 2.83. The molecule has 0 unspecified atom stereocenters. The lowest BCUT2D eigenvalue weighted by atomic mass is 10.1. The van der Waals surface area contributed by atoms with E-state index in [2.05, 4.69) is 10.3 Å². The highest BCUT2D eigenvalue weighted by Gasteiger charge is 2.34. The molecule has 2 aromatic heterocycles. The summed E-state index contributed by atoms with van der Waals surface area (Å²) in [6.07, 6.45) is 4.63. The largest absolute Gasteiger partial charge is 0.467 e. The average Bonchev–Trinajstić information content (AvgIpc) is 3.24. The number of hydrogen-bond donors (Lipinski definition) is 1. The van der Waals surface area contributed by atoms with Crippen molar-refractivity contribution < 1.29 is 14.0 Å². The third kappa shape index (κ3) is 3.41. The van der Waals surface area contributed by atoms with Crippen molar-refractivity contribution in [2.24, 2.45) is 0 Å². The van der Waals surface area contributed by atoms with Gasteiger partial charge in [-0.2, -0.15) is 0 Å². The van der Waals surface area contributed by atoms with Gasteiger partial charge in [-0.1, -0.05) is 0 Å². The van der Waals surface area contributed by atoms with Crippen molar-refractivity contribution in [2.75, 3.05) is 6.54 Å². The summed E-state index contributed by atoms with van der Waals surface area (Å²) < 4.78 is 5.20. The van der Waals surface area contributed by atoms with Crippen LogP contribution in [0.4, 0.5) is 0 Å². The maximum absolute atomic E-state index is 12.6. The Balaban J connectivity index is 1.65. The zero-order valence-electron chi connectivity index (χ0n) is 13.0. The van der Waals surface area contributed by atoms with Gasteiger partial charge < -0.3 is 14.6 Å². The Hall–Kier alpha value is -2.63. The van der Waals surface area contributed by atoms with E-state index in [1.165, 1.54) is 0 Å². The van der Waals surface area contributed by atoms with Gasteiger partial charge in [0.1, 0.15) is 11.8 Å². The van der Waals surface area contributed by atoms with Crippen LogP contribution in [0.1, 0.15) is 34.7 Å². The molecule has 2 amide bonds. The van der Waals surface area contributed by atoms with Gasteiger partial charge in [-0.05, 0) is 44.0 Å². The summed E-state index contributed by atoms with van der Waals surface area (Å²) >= 11 is 0. The van der Waals surface area contributed by atoms with Crippen LogP contribution in [0.15, 0.2) is 41.1 Å². The van der Waals surface area contributed by atoms with Gasteiger partial charge in [0.15, 0.2) is 0 Å². The van der Waals surface area contributed by atoms with E-state index >= 15 is 0 Å². The van der Waals surface area contributed by atoms with Crippen LogP contribution in [-0.4, -0.2) is 34.3 Å². The Morgan fingerprint density at radius 1 is 1.39 bits per heavy atom. The first-order valence-corrected chi connectivity index (χ1v) is 7.69. The second-order valence-corrected chi connectivity index (χ2v) is 5.64. The lowest BCUT2D eigenvalue weighted by molar-refractivity contribution is -0.125. The molecule has 3 heterocycles. The molecule has 1 aliphatic rings. The summed E-state index contributed by atoms with van der Waals surface area (Å²) in [6.45, 7) is 2.79. The van der Waals surface area contributed by atoms with Gasteiger partial charge in [0.25, 0.3) is 5.91 Å². The summed E-state index contributed by atoms with van der Waals surface area (Å²) in [5.41, 5.74) is 1.37. The van der Waals surface area contributed by atoms with E-state index in [1.54, 1.807) is 41.6 Å². The molecule has 1 N–H and O–H groups in total. The fourth-order valence-corrected chi connectivity index (χ4v) is 2.75. The fraction of sp³-hybridized carbons (Fsp3) is 0.353. The Bertz CT molecular complexity index is 680. The second kappa shape index (κ2) is 6.64. The molecule has 23 heavy (non-hydrogen) atoms. The second-order valence-electron chi connectivity index (χ2n) is 5.64. The number of likely N-dealkylation sites (tertiary alicyclic amines) is 1. The van der Waals surface area contributed by atoms with Gasteiger partial charge in [0.2, 0.25) is 5.91 Å². The van der Waals surface area contributed by atoms with E-state index in [0.29, 0.717) is 30.8 Å². The smallest absolute Gasteiger partial charge is 0.256 e. The van der Waals surface area contributed by atoms with Crippen LogP contribution in [0, 0.1) is 6.92 Å². The lowest BCUT2D eigenvalue weighted by Gasteiger charge is -2.23. The van der Waals surface area contributed by atoms with E-state index in [4.69, 9.17) is 4.42 Å². The molecular formula is C17H19N3O3. The molecule has 2 aromatic rings. The molecule has 1 saturated heterocycles. The molecule has 1 aliphatic heterocycles. The van der Waals surface area contributed by atoms with Gasteiger partial charge in [-0.25, -0.2) is 0 Å². The van der Waals surface area contributed by atoms with Gasteiger partial charge in [-0.15, -0.1) is 0 Å². The number of aromatic nitrogens is 1. The Morgan fingerprint density at radius 2 is 2.26 bits per heavy atom. The number of aryl methyl sites for hydroxylation is 1. The van der Waals surface area contributed by atoms with Crippen LogP contribution >= 0.6 is 0 Å². The number of pyridine rings is 1. The summed E-state index contributed by atoms with van der Waals surface area (Å²) in [6, 6.07) is 6.70. The molecule has 0 aliphatic carbocycles.